The first-order valence-electron chi connectivity index (χ1n) is 8.87. The summed E-state index contributed by atoms with van der Waals surface area (Å²) >= 11 is 0. The van der Waals surface area contributed by atoms with Gasteiger partial charge in [0.15, 0.2) is 0 Å². The molecular formula is C19H26N4O. The SMILES string of the molecule is CCN(CCc1ccccc1)C(=O)c1ccn(C2CCCNC2)n1. The number of nitrogens with zero attached hydrogens (tertiary/aromatic N) is 3. The molecule has 1 aliphatic rings. The van der Waals surface area contributed by atoms with Gasteiger partial charge in [-0.05, 0) is 44.4 Å². The highest BCUT2D eigenvalue weighted by molar-refractivity contribution is 5.92. The van der Waals surface area contributed by atoms with E-state index in [4.69, 9.17) is 0 Å². The van der Waals surface area contributed by atoms with Crippen LogP contribution in [-0.2, 0) is 6.42 Å². The van der Waals surface area contributed by atoms with Crippen LogP contribution in [0.1, 0.15) is 41.9 Å². The Kier molecular flexibility index (Phi) is 5.64. The third-order valence-corrected chi connectivity index (χ3v) is 4.65. The summed E-state index contributed by atoms with van der Waals surface area (Å²) in [5.41, 5.74) is 1.80. The van der Waals surface area contributed by atoms with E-state index in [1.54, 1.807) is 0 Å². The molecule has 2 aromatic rings. The predicted octanol–water partition coefficient (Wildman–Crippen LogP) is 2.51. The maximum Gasteiger partial charge on any atom is 0.274 e. The second-order valence-electron chi connectivity index (χ2n) is 6.30. The molecule has 1 aliphatic heterocycles. The van der Waals surface area contributed by atoms with Gasteiger partial charge in [0.2, 0.25) is 0 Å². The van der Waals surface area contributed by atoms with Crippen LogP contribution in [0.3, 0.4) is 0 Å². The van der Waals surface area contributed by atoms with E-state index in [2.05, 4.69) is 22.5 Å². The number of benzene rings is 1. The zero-order chi connectivity index (χ0) is 16.8. The lowest BCUT2D eigenvalue weighted by Gasteiger charge is -2.23. The Labute approximate surface area is 143 Å². The fourth-order valence-electron chi connectivity index (χ4n) is 3.19. The van der Waals surface area contributed by atoms with E-state index in [0.717, 1.165) is 38.9 Å². The number of hydrogen-bond acceptors (Lipinski definition) is 3. The number of amides is 1. The molecule has 1 aromatic carbocycles. The van der Waals surface area contributed by atoms with Crippen LogP contribution in [-0.4, -0.2) is 46.8 Å². The quantitative estimate of drug-likeness (QED) is 0.887. The molecule has 5 heteroatoms. The molecule has 1 saturated heterocycles. The van der Waals surface area contributed by atoms with Crippen LogP contribution in [0.2, 0.25) is 0 Å². The summed E-state index contributed by atoms with van der Waals surface area (Å²) in [5, 5.41) is 7.93. The first kappa shape index (κ1) is 16.7. The molecule has 1 fully saturated rings. The van der Waals surface area contributed by atoms with Gasteiger partial charge in [-0.1, -0.05) is 30.3 Å². The molecule has 0 bridgehead atoms. The first-order chi connectivity index (χ1) is 11.8. The van der Waals surface area contributed by atoms with Crippen LogP contribution < -0.4 is 5.32 Å². The van der Waals surface area contributed by atoms with Crippen molar-refractivity contribution >= 4 is 5.91 Å². The molecule has 0 saturated carbocycles. The minimum absolute atomic E-state index is 0.0240. The van der Waals surface area contributed by atoms with Crippen molar-refractivity contribution in [2.45, 2.75) is 32.2 Å². The van der Waals surface area contributed by atoms with Crippen molar-refractivity contribution in [3.05, 3.63) is 53.9 Å². The zero-order valence-corrected chi connectivity index (χ0v) is 14.3. The second-order valence-corrected chi connectivity index (χ2v) is 6.30. The summed E-state index contributed by atoms with van der Waals surface area (Å²) in [6.45, 7) is 5.44. The minimum atomic E-state index is 0.0240. The maximum absolute atomic E-state index is 12.7. The van der Waals surface area contributed by atoms with Crippen molar-refractivity contribution in [2.24, 2.45) is 0 Å². The summed E-state index contributed by atoms with van der Waals surface area (Å²) in [6, 6.07) is 12.5. The third kappa shape index (κ3) is 4.03. The van der Waals surface area contributed by atoms with Gasteiger partial charge >= 0.3 is 0 Å². The minimum Gasteiger partial charge on any atom is -0.337 e. The van der Waals surface area contributed by atoms with Crippen LogP contribution in [0.15, 0.2) is 42.6 Å². The number of carbonyl (C=O) groups excluding carboxylic acids is 1. The lowest BCUT2D eigenvalue weighted by atomic mass is 10.1. The van der Waals surface area contributed by atoms with Gasteiger partial charge in [-0.15, -0.1) is 0 Å². The average molecular weight is 326 g/mol. The summed E-state index contributed by atoms with van der Waals surface area (Å²) in [7, 11) is 0. The number of rotatable bonds is 6. The molecule has 1 unspecified atom stereocenters. The van der Waals surface area contributed by atoms with Crippen LogP contribution in [0, 0.1) is 0 Å². The monoisotopic (exact) mass is 326 g/mol. The van der Waals surface area contributed by atoms with Gasteiger partial charge in [0.1, 0.15) is 5.69 Å². The standard InChI is InChI=1S/C19H26N4O/c1-2-22(13-10-16-7-4-3-5-8-16)19(24)18-11-14-23(21-18)17-9-6-12-20-15-17/h3-5,7-8,11,14,17,20H,2,6,9-10,12-13,15H2,1H3. The summed E-state index contributed by atoms with van der Waals surface area (Å²) in [5.74, 6) is 0.0240. The van der Waals surface area contributed by atoms with Crippen molar-refractivity contribution in [1.82, 2.24) is 20.0 Å². The lowest BCUT2D eigenvalue weighted by molar-refractivity contribution is 0.0759. The van der Waals surface area contributed by atoms with Crippen molar-refractivity contribution in [1.29, 1.82) is 0 Å². The van der Waals surface area contributed by atoms with Crippen molar-refractivity contribution < 1.29 is 4.79 Å². The number of likely N-dealkylation sites (N-methyl/N-ethyl adjacent to an activating group) is 1. The first-order valence-corrected chi connectivity index (χ1v) is 8.87. The molecule has 5 nitrogen and oxygen atoms in total. The average Bonchev–Trinajstić information content (AvgIpc) is 3.14. The van der Waals surface area contributed by atoms with Gasteiger partial charge in [-0.2, -0.15) is 5.10 Å². The zero-order valence-electron chi connectivity index (χ0n) is 14.3. The number of hydrogen-bond donors (Lipinski definition) is 1. The van der Waals surface area contributed by atoms with Gasteiger partial charge in [-0.25, -0.2) is 0 Å². The molecule has 0 radical (unpaired) electrons. The molecule has 24 heavy (non-hydrogen) atoms. The molecule has 128 valence electrons. The summed E-state index contributed by atoms with van der Waals surface area (Å²) in [6.07, 6.45) is 5.09. The van der Waals surface area contributed by atoms with Crippen molar-refractivity contribution in [3.8, 4) is 0 Å². The number of aromatic nitrogens is 2. The van der Waals surface area contributed by atoms with E-state index in [9.17, 15) is 4.79 Å². The van der Waals surface area contributed by atoms with E-state index in [1.807, 2.05) is 47.0 Å². The number of piperidine rings is 1. The Bertz CT molecular complexity index is 646. The maximum atomic E-state index is 12.7. The van der Waals surface area contributed by atoms with E-state index in [-0.39, 0.29) is 5.91 Å². The van der Waals surface area contributed by atoms with Gasteiger partial charge in [0, 0.05) is 25.8 Å². The summed E-state index contributed by atoms with van der Waals surface area (Å²) in [4.78, 5) is 14.6. The molecule has 0 spiro atoms. The fraction of sp³-hybridized carbons (Fsp3) is 0.474. The van der Waals surface area contributed by atoms with E-state index in [0.29, 0.717) is 18.3 Å². The Morgan fingerprint density at radius 1 is 1.33 bits per heavy atom. The molecule has 3 rings (SSSR count). The Morgan fingerprint density at radius 3 is 2.88 bits per heavy atom. The van der Waals surface area contributed by atoms with Gasteiger partial charge < -0.3 is 10.2 Å². The Balaban J connectivity index is 1.62. The van der Waals surface area contributed by atoms with Gasteiger partial charge in [-0.3, -0.25) is 9.48 Å². The topological polar surface area (TPSA) is 50.2 Å². The second kappa shape index (κ2) is 8.11. The van der Waals surface area contributed by atoms with Crippen LogP contribution in [0.4, 0.5) is 0 Å². The highest BCUT2D eigenvalue weighted by Gasteiger charge is 2.20. The predicted molar refractivity (Wildman–Crippen MR) is 95.1 cm³/mol. The Morgan fingerprint density at radius 2 is 2.17 bits per heavy atom. The van der Waals surface area contributed by atoms with E-state index < -0.39 is 0 Å². The molecule has 2 heterocycles. The van der Waals surface area contributed by atoms with Crippen LogP contribution >= 0.6 is 0 Å². The van der Waals surface area contributed by atoms with Crippen LogP contribution in [0.25, 0.3) is 0 Å². The van der Waals surface area contributed by atoms with Crippen LogP contribution in [0.5, 0.6) is 0 Å². The molecule has 1 amide bonds. The fourth-order valence-corrected chi connectivity index (χ4v) is 3.19. The van der Waals surface area contributed by atoms with Crippen molar-refractivity contribution in [2.75, 3.05) is 26.2 Å². The highest BCUT2D eigenvalue weighted by Crippen LogP contribution is 2.16. The smallest absolute Gasteiger partial charge is 0.274 e. The van der Waals surface area contributed by atoms with E-state index in [1.165, 1.54) is 5.56 Å². The normalized spacial score (nSPS) is 17.6. The van der Waals surface area contributed by atoms with Gasteiger partial charge in [0.05, 0.1) is 6.04 Å². The largest absolute Gasteiger partial charge is 0.337 e. The molecule has 1 atom stereocenters. The number of carbonyl (C=O) groups is 1. The van der Waals surface area contributed by atoms with E-state index >= 15 is 0 Å². The Hall–Kier alpha value is -2.14. The van der Waals surface area contributed by atoms with Gasteiger partial charge in [0.25, 0.3) is 5.91 Å². The molecule has 1 N–H and O–H groups in total. The highest BCUT2D eigenvalue weighted by atomic mass is 16.2. The summed E-state index contributed by atoms with van der Waals surface area (Å²) < 4.78 is 1.95. The molecule has 1 aromatic heterocycles. The number of nitrogens with one attached hydrogen (secondary N) is 1. The van der Waals surface area contributed by atoms with Crippen molar-refractivity contribution in [3.63, 3.8) is 0 Å². The molecule has 0 aliphatic carbocycles. The third-order valence-electron chi connectivity index (χ3n) is 4.65. The lowest BCUT2D eigenvalue weighted by Crippen LogP contribution is -2.34. The molecular weight excluding hydrogens is 300 g/mol.